The zero-order valence-electron chi connectivity index (χ0n) is 9.19. The quantitative estimate of drug-likeness (QED) is 0.698. The zero-order valence-corrected chi connectivity index (χ0v) is 9.19. The van der Waals surface area contributed by atoms with Crippen LogP contribution in [-0.2, 0) is 22.6 Å². The highest BCUT2D eigenvalue weighted by Gasteiger charge is 2.03. The maximum Gasteiger partial charge on any atom is 0.319 e. The molecule has 0 fully saturated rings. The van der Waals surface area contributed by atoms with E-state index in [1.165, 1.54) is 0 Å². The number of rotatable bonds is 6. The summed E-state index contributed by atoms with van der Waals surface area (Å²) in [6, 6.07) is 0. The molecule has 84 valence electrons. The zero-order chi connectivity index (χ0) is 11.1. The van der Waals surface area contributed by atoms with Crippen LogP contribution in [0.3, 0.4) is 0 Å². The standard InChI is InChI=1S/C10H17N3O2/c1-3-13-6-5-12-9(13)7-11-8-10(14)15-4-2/h5-6,11H,3-4,7-8H2,1-2H3. The van der Waals surface area contributed by atoms with E-state index >= 15 is 0 Å². The van der Waals surface area contributed by atoms with Gasteiger partial charge in [-0.15, -0.1) is 0 Å². The minimum Gasteiger partial charge on any atom is -0.465 e. The van der Waals surface area contributed by atoms with Gasteiger partial charge < -0.3 is 9.30 Å². The van der Waals surface area contributed by atoms with Gasteiger partial charge in [-0.3, -0.25) is 10.1 Å². The summed E-state index contributed by atoms with van der Waals surface area (Å²) in [6.07, 6.45) is 3.67. The Morgan fingerprint density at radius 3 is 3.07 bits per heavy atom. The maximum atomic E-state index is 11.0. The number of nitrogens with one attached hydrogen (secondary N) is 1. The van der Waals surface area contributed by atoms with Gasteiger partial charge in [0.05, 0.1) is 19.7 Å². The molecule has 0 unspecified atom stereocenters. The van der Waals surface area contributed by atoms with Crippen LogP contribution in [0.1, 0.15) is 19.7 Å². The fourth-order valence-electron chi connectivity index (χ4n) is 1.28. The summed E-state index contributed by atoms with van der Waals surface area (Å²) < 4.78 is 6.82. The van der Waals surface area contributed by atoms with Crippen LogP contribution < -0.4 is 5.32 Å². The first kappa shape index (κ1) is 11.7. The lowest BCUT2D eigenvalue weighted by Crippen LogP contribution is -2.25. The summed E-state index contributed by atoms with van der Waals surface area (Å²) in [5.41, 5.74) is 0. The van der Waals surface area contributed by atoms with Crippen LogP contribution in [0.25, 0.3) is 0 Å². The number of hydrogen-bond acceptors (Lipinski definition) is 4. The van der Waals surface area contributed by atoms with Gasteiger partial charge in [0.15, 0.2) is 0 Å². The molecule has 0 bridgehead atoms. The Labute approximate surface area is 89.4 Å². The van der Waals surface area contributed by atoms with E-state index in [1.54, 1.807) is 13.1 Å². The molecule has 1 aromatic heterocycles. The van der Waals surface area contributed by atoms with Crippen LogP contribution in [-0.4, -0.2) is 28.7 Å². The number of esters is 1. The van der Waals surface area contributed by atoms with E-state index < -0.39 is 0 Å². The number of aryl methyl sites for hydroxylation is 1. The Hall–Kier alpha value is -1.36. The van der Waals surface area contributed by atoms with Crippen LogP contribution in [0, 0.1) is 0 Å². The van der Waals surface area contributed by atoms with Crippen LogP contribution in [0.5, 0.6) is 0 Å². The van der Waals surface area contributed by atoms with Gasteiger partial charge in [-0.1, -0.05) is 0 Å². The number of nitrogens with zero attached hydrogens (tertiary/aromatic N) is 2. The minimum absolute atomic E-state index is 0.227. The highest BCUT2D eigenvalue weighted by Crippen LogP contribution is 1.96. The third-order valence-corrected chi connectivity index (χ3v) is 2.00. The van der Waals surface area contributed by atoms with Crippen molar-refractivity contribution in [2.24, 2.45) is 0 Å². The van der Waals surface area contributed by atoms with E-state index in [0.717, 1.165) is 12.4 Å². The summed E-state index contributed by atoms with van der Waals surface area (Å²) in [5, 5.41) is 2.99. The normalized spacial score (nSPS) is 10.3. The van der Waals surface area contributed by atoms with E-state index in [9.17, 15) is 4.79 Å². The van der Waals surface area contributed by atoms with Crippen molar-refractivity contribution < 1.29 is 9.53 Å². The Morgan fingerprint density at radius 1 is 1.60 bits per heavy atom. The van der Waals surface area contributed by atoms with Gasteiger partial charge in [-0.25, -0.2) is 4.98 Å². The molecule has 0 aromatic carbocycles. The molecular weight excluding hydrogens is 194 g/mol. The fraction of sp³-hybridized carbons (Fsp3) is 0.600. The molecule has 0 aliphatic rings. The summed E-state index contributed by atoms with van der Waals surface area (Å²) in [6.45, 7) is 5.96. The number of imidazole rings is 1. The molecule has 0 saturated heterocycles. The maximum absolute atomic E-state index is 11.0. The van der Waals surface area contributed by atoms with Crippen molar-refractivity contribution in [1.82, 2.24) is 14.9 Å². The summed E-state index contributed by atoms with van der Waals surface area (Å²) in [5.74, 6) is 0.703. The van der Waals surface area contributed by atoms with Crippen molar-refractivity contribution in [2.45, 2.75) is 26.9 Å². The van der Waals surface area contributed by atoms with Crippen LogP contribution >= 0.6 is 0 Å². The minimum atomic E-state index is -0.230. The van der Waals surface area contributed by atoms with Crippen LogP contribution in [0.15, 0.2) is 12.4 Å². The van der Waals surface area contributed by atoms with Crippen molar-refractivity contribution in [2.75, 3.05) is 13.2 Å². The van der Waals surface area contributed by atoms with E-state index in [-0.39, 0.29) is 12.5 Å². The van der Waals surface area contributed by atoms with Gasteiger partial charge in [0.1, 0.15) is 5.82 Å². The number of hydrogen-bond donors (Lipinski definition) is 1. The highest BCUT2D eigenvalue weighted by molar-refractivity contribution is 5.71. The third kappa shape index (κ3) is 3.71. The summed E-state index contributed by atoms with van der Waals surface area (Å²) >= 11 is 0. The predicted molar refractivity (Wildman–Crippen MR) is 56.2 cm³/mol. The van der Waals surface area contributed by atoms with Crippen molar-refractivity contribution in [1.29, 1.82) is 0 Å². The molecule has 1 N–H and O–H groups in total. The molecule has 0 spiro atoms. The van der Waals surface area contributed by atoms with Crippen LogP contribution in [0.4, 0.5) is 0 Å². The number of ether oxygens (including phenoxy) is 1. The average Bonchev–Trinajstić information content (AvgIpc) is 2.66. The van der Waals surface area contributed by atoms with Gasteiger partial charge in [0, 0.05) is 18.9 Å². The molecule has 0 saturated carbocycles. The van der Waals surface area contributed by atoms with Crippen molar-refractivity contribution >= 4 is 5.97 Å². The molecule has 1 aromatic rings. The molecule has 5 nitrogen and oxygen atoms in total. The van der Waals surface area contributed by atoms with E-state index in [0.29, 0.717) is 13.2 Å². The lowest BCUT2D eigenvalue weighted by Gasteiger charge is -2.06. The fourth-order valence-corrected chi connectivity index (χ4v) is 1.28. The summed E-state index contributed by atoms with van der Waals surface area (Å²) in [7, 11) is 0. The van der Waals surface area contributed by atoms with Crippen molar-refractivity contribution in [3.8, 4) is 0 Å². The highest BCUT2D eigenvalue weighted by atomic mass is 16.5. The molecule has 1 heterocycles. The number of carbonyl (C=O) groups is 1. The molecule has 5 heteroatoms. The first-order valence-electron chi connectivity index (χ1n) is 5.14. The smallest absolute Gasteiger partial charge is 0.319 e. The largest absolute Gasteiger partial charge is 0.465 e. The Morgan fingerprint density at radius 2 is 2.40 bits per heavy atom. The number of aromatic nitrogens is 2. The lowest BCUT2D eigenvalue weighted by atomic mass is 10.5. The molecule has 0 aliphatic heterocycles. The molecule has 0 amide bonds. The average molecular weight is 211 g/mol. The van der Waals surface area contributed by atoms with Gasteiger partial charge in [-0.2, -0.15) is 0 Å². The van der Waals surface area contributed by atoms with Gasteiger partial charge in [-0.05, 0) is 13.8 Å². The van der Waals surface area contributed by atoms with E-state index in [4.69, 9.17) is 4.74 Å². The third-order valence-electron chi connectivity index (χ3n) is 2.00. The van der Waals surface area contributed by atoms with Gasteiger partial charge in [0.25, 0.3) is 0 Å². The molecule has 1 rings (SSSR count). The second kappa shape index (κ2) is 6.19. The van der Waals surface area contributed by atoms with Gasteiger partial charge in [0.2, 0.25) is 0 Å². The lowest BCUT2D eigenvalue weighted by molar-refractivity contribution is -0.142. The Kier molecular flexibility index (Phi) is 4.83. The topological polar surface area (TPSA) is 56.1 Å². The first-order chi connectivity index (χ1) is 7.27. The van der Waals surface area contributed by atoms with Crippen molar-refractivity contribution in [3.63, 3.8) is 0 Å². The SMILES string of the molecule is CCOC(=O)CNCc1nccn1CC. The number of carbonyl (C=O) groups excluding carboxylic acids is 1. The van der Waals surface area contributed by atoms with Crippen molar-refractivity contribution in [3.05, 3.63) is 18.2 Å². The van der Waals surface area contributed by atoms with Gasteiger partial charge >= 0.3 is 5.97 Å². The molecule has 0 aliphatic carbocycles. The Bertz CT molecular complexity index is 309. The van der Waals surface area contributed by atoms with Crippen LogP contribution in [0.2, 0.25) is 0 Å². The second-order valence-corrected chi connectivity index (χ2v) is 3.04. The predicted octanol–water partition coefficient (Wildman–Crippen LogP) is 0.556. The molecule has 0 atom stereocenters. The monoisotopic (exact) mass is 211 g/mol. The molecule has 15 heavy (non-hydrogen) atoms. The van der Waals surface area contributed by atoms with E-state index in [2.05, 4.69) is 17.2 Å². The molecule has 0 radical (unpaired) electrons. The molecular formula is C10H17N3O2. The first-order valence-corrected chi connectivity index (χ1v) is 5.14. The summed E-state index contributed by atoms with van der Waals surface area (Å²) in [4.78, 5) is 15.2. The van der Waals surface area contributed by atoms with E-state index in [1.807, 2.05) is 10.8 Å². The second-order valence-electron chi connectivity index (χ2n) is 3.04. The Balaban J connectivity index is 2.28.